The first-order valence-corrected chi connectivity index (χ1v) is 6.89. The molecular weight excluding hydrogens is 298 g/mol. The Morgan fingerprint density at radius 3 is 2.91 bits per heavy atom. The molecule has 0 atom stereocenters. The first-order valence-electron chi connectivity index (χ1n) is 6.89. The molecule has 0 radical (unpaired) electrons. The van der Waals surface area contributed by atoms with E-state index in [1.165, 1.54) is 16.9 Å². The number of rotatable bonds is 4. The van der Waals surface area contributed by atoms with E-state index in [-0.39, 0.29) is 17.2 Å². The molecule has 8 heteroatoms. The van der Waals surface area contributed by atoms with Crippen LogP contribution < -0.4 is 10.9 Å². The second-order valence-corrected chi connectivity index (χ2v) is 5.08. The van der Waals surface area contributed by atoms with Gasteiger partial charge in [-0.3, -0.25) is 14.3 Å². The average Bonchev–Trinajstić information content (AvgIpc) is 2.94. The van der Waals surface area contributed by atoms with Gasteiger partial charge in [0.15, 0.2) is 5.69 Å². The van der Waals surface area contributed by atoms with Crippen molar-refractivity contribution in [1.82, 2.24) is 20.0 Å². The Hall–Kier alpha value is -3.00. The number of aromatic nitrogens is 4. The molecule has 23 heavy (non-hydrogen) atoms. The molecule has 1 amide bonds. The summed E-state index contributed by atoms with van der Waals surface area (Å²) >= 11 is 0. The molecule has 8 nitrogen and oxygen atoms in total. The minimum absolute atomic E-state index is 0.217. The predicted octanol–water partition coefficient (Wildman–Crippen LogP) is 1.06. The number of carbonyl (C=O) groups excluding carboxylic acids is 1. The molecule has 0 fully saturated rings. The molecule has 2 heterocycles. The molecule has 1 aromatic carbocycles. The molecule has 2 N–H and O–H groups in total. The molecule has 2 aromatic heterocycles. The quantitative estimate of drug-likeness (QED) is 0.749. The van der Waals surface area contributed by atoms with E-state index in [0.717, 1.165) is 10.9 Å². The van der Waals surface area contributed by atoms with Crippen LogP contribution in [0.1, 0.15) is 16.1 Å². The normalized spacial score (nSPS) is 10.9. The van der Waals surface area contributed by atoms with Crippen molar-refractivity contribution in [3.8, 4) is 0 Å². The van der Waals surface area contributed by atoms with Crippen LogP contribution in [0.5, 0.6) is 0 Å². The molecule has 0 aliphatic carbocycles. The van der Waals surface area contributed by atoms with E-state index >= 15 is 0 Å². The lowest BCUT2D eigenvalue weighted by Gasteiger charge is -2.08. The summed E-state index contributed by atoms with van der Waals surface area (Å²) in [6.07, 6.45) is 1.52. The number of benzene rings is 1. The number of nitrogens with zero attached hydrogens (tertiary/aromatic N) is 3. The Morgan fingerprint density at radius 2 is 2.22 bits per heavy atom. The van der Waals surface area contributed by atoms with Gasteiger partial charge in [-0.2, -0.15) is 0 Å². The third kappa shape index (κ3) is 3.11. The van der Waals surface area contributed by atoms with Crippen molar-refractivity contribution < 1.29 is 9.53 Å². The average molecular weight is 313 g/mol. The van der Waals surface area contributed by atoms with Gasteiger partial charge < -0.3 is 15.0 Å². The van der Waals surface area contributed by atoms with E-state index in [1.807, 2.05) is 6.07 Å². The number of fused-ring (bicyclic) bond motifs is 1. The SMILES string of the molecule is COCc1cc(=O)[nH]c2cc(NC(=O)c3cn(C)nn3)ccc12. The lowest BCUT2D eigenvalue weighted by atomic mass is 10.1. The van der Waals surface area contributed by atoms with Crippen LogP contribution >= 0.6 is 0 Å². The summed E-state index contributed by atoms with van der Waals surface area (Å²) in [7, 11) is 3.25. The van der Waals surface area contributed by atoms with Gasteiger partial charge in [0.1, 0.15) is 0 Å². The lowest BCUT2D eigenvalue weighted by Crippen LogP contribution is -2.13. The van der Waals surface area contributed by atoms with Crippen LogP contribution in [-0.4, -0.2) is 33.0 Å². The zero-order valence-electron chi connectivity index (χ0n) is 12.7. The second kappa shape index (κ2) is 6.01. The van der Waals surface area contributed by atoms with Crippen LogP contribution in [0.25, 0.3) is 10.9 Å². The van der Waals surface area contributed by atoms with Gasteiger partial charge in [0.25, 0.3) is 5.91 Å². The maximum absolute atomic E-state index is 12.1. The summed E-state index contributed by atoms with van der Waals surface area (Å²) < 4.78 is 6.55. The van der Waals surface area contributed by atoms with E-state index in [4.69, 9.17) is 4.74 Å². The van der Waals surface area contributed by atoms with Crippen molar-refractivity contribution in [1.29, 1.82) is 0 Å². The Bertz CT molecular complexity index is 928. The van der Waals surface area contributed by atoms with Gasteiger partial charge >= 0.3 is 0 Å². The molecule has 0 saturated carbocycles. The first kappa shape index (κ1) is 14.9. The zero-order chi connectivity index (χ0) is 16.4. The third-order valence-electron chi connectivity index (χ3n) is 3.32. The number of methoxy groups -OCH3 is 1. The standard InChI is InChI=1S/C15H15N5O3/c1-20-7-13(18-19-20)15(22)16-10-3-4-11-9(8-23-2)5-14(21)17-12(11)6-10/h3-7H,8H2,1-2H3,(H,16,22)(H,17,21). The van der Waals surface area contributed by atoms with E-state index in [0.29, 0.717) is 17.8 Å². The minimum Gasteiger partial charge on any atom is -0.380 e. The number of aryl methyl sites for hydroxylation is 1. The molecule has 0 spiro atoms. The van der Waals surface area contributed by atoms with Crippen LogP contribution in [0.4, 0.5) is 5.69 Å². The number of carbonyl (C=O) groups is 1. The first-order chi connectivity index (χ1) is 11.1. The smallest absolute Gasteiger partial charge is 0.277 e. The lowest BCUT2D eigenvalue weighted by molar-refractivity contribution is 0.102. The molecule has 3 aromatic rings. The molecule has 118 valence electrons. The highest BCUT2D eigenvalue weighted by Gasteiger charge is 2.11. The van der Waals surface area contributed by atoms with Gasteiger partial charge in [-0.25, -0.2) is 0 Å². The molecule has 0 bridgehead atoms. The van der Waals surface area contributed by atoms with E-state index in [1.54, 1.807) is 26.3 Å². The molecular formula is C15H15N5O3. The van der Waals surface area contributed by atoms with Crippen LogP contribution in [-0.2, 0) is 18.4 Å². The number of anilines is 1. The molecule has 3 rings (SSSR count). The summed E-state index contributed by atoms with van der Waals surface area (Å²) in [5, 5.41) is 11.1. The van der Waals surface area contributed by atoms with Crippen molar-refractivity contribution >= 4 is 22.5 Å². The number of pyridine rings is 1. The van der Waals surface area contributed by atoms with Gasteiger partial charge in [0.2, 0.25) is 5.56 Å². The zero-order valence-corrected chi connectivity index (χ0v) is 12.7. The van der Waals surface area contributed by atoms with Crippen LogP contribution in [0, 0.1) is 0 Å². The van der Waals surface area contributed by atoms with Crippen molar-refractivity contribution in [3.05, 3.63) is 52.1 Å². The maximum atomic E-state index is 12.1. The Labute approximate surface area is 131 Å². The number of nitrogens with one attached hydrogen (secondary N) is 2. The number of amides is 1. The van der Waals surface area contributed by atoms with Crippen molar-refractivity contribution in [3.63, 3.8) is 0 Å². The molecule has 0 saturated heterocycles. The fourth-order valence-electron chi connectivity index (χ4n) is 2.33. The molecule has 0 aliphatic rings. The van der Waals surface area contributed by atoms with Gasteiger partial charge in [-0.05, 0) is 17.7 Å². The highest BCUT2D eigenvalue weighted by molar-refractivity contribution is 6.03. The number of hydrogen-bond donors (Lipinski definition) is 2. The van der Waals surface area contributed by atoms with Crippen LogP contribution in [0.3, 0.4) is 0 Å². The van der Waals surface area contributed by atoms with Gasteiger partial charge in [-0.1, -0.05) is 11.3 Å². The summed E-state index contributed by atoms with van der Waals surface area (Å²) in [5.41, 5.74) is 1.97. The maximum Gasteiger partial charge on any atom is 0.277 e. The van der Waals surface area contributed by atoms with Crippen LogP contribution in [0.2, 0.25) is 0 Å². The molecule has 0 unspecified atom stereocenters. The van der Waals surface area contributed by atoms with Gasteiger partial charge in [0, 0.05) is 31.3 Å². The van der Waals surface area contributed by atoms with Crippen molar-refractivity contribution in [2.45, 2.75) is 6.61 Å². The Morgan fingerprint density at radius 1 is 1.39 bits per heavy atom. The van der Waals surface area contributed by atoms with E-state index in [2.05, 4.69) is 20.6 Å². The van der Waals surface area contributed by atoms with Gasteiger partial charge in [0.05, 0.1) is 18.3 Å². The largest absolute Gasteiger partial charge is 0.380 e. The fraction of sp³-hybridized carbons (Fsp3) is 0.200. The number of H-pyrrole nitrogens is 1. The van der Waals surface area contributed by atoms with Crippen molar-refractivity contribution in [2.24, 2.45) is 7.05 Å². The number of aromatic amines is 1. The highest BCUT2D eigenvalue weighted by atomic mass is 16.5. The monoisotopic (exact) mass is 313 g/mol. The van der Waals surface area contributed by atoms with E-state index < -0.39 is 0 Å². The number of ether oxygens (including phenoxy) is 1. The Kier molecular flexibility index (Phi) is 3.90. The van der Waals surface area contributed by atoms with Gasteiger partial charge in [-0.15, -0.1) is 5.10 Å². The predicted molar refractivity (Wildman–Crippen MR) is 84.2 cm³/mol. The Balaban J connectivity index is 1.94. The summed E-state index contributed by atoms with van der Waals surface area (Å²) in [6, 6.07) is 6.79. The third-order valence-corrected chi connectivity index (χ3v) is 3.32. The fourth-order valence-corrected chi connectivity index (χ4v) is 2.33. The topological polar surface area (TPSA) is 102 Å². The summed E-state index contributed by atoms with van der Waals surface area (Å²) in [5.74, 6) is -0.368. The highest BCUT2D eigenvalue weighted by Crippen LogP contribution is 2.20. The van der Waals surface area contributed by atoms with Crippen LogP contribution in [0.15, 0.2) is 35.3 Å². The minimum atomic E-state index is -0.368. The number of hydrogen-bond acceptors (Lipinski definition) is 5. The second-order valence-electron chi connectivity index (χ2n) is 5.08. The van der Waals surface area contributed by atoms with E-state index in [9.17, 15) is 9.59 Å². The summed E-state index contributed by atoms with van der Waals surface area (Å²) in [6.45, 7) is 0.339. The molecule has 0 aliphatic heterocycles. The van der Waals surface area contributed by atoms with Crippen molar-refractivity contribution in [2.75, 3.05) is 12.4 Å². The summed E-state index contributed by atoms with van der Waals surface area (Å²) in [4.78, 5) is 26.5.